The van der Waals surface area contributed by atoms with Crippen molar-refractivity contribution in [2.24, 2.45) is 5.11 Å². The number of rotatable bonds is 3. The molecule has 1 aromatic rings. The summed E-state index contributed by atoms with van der Waals surface area (Å²) in [6, 6.07) is 9.21. The first-order valence-electron chi connectivity index (χ1n) is 3.95. The van der Waals surface area contributed by atoms with Gasteiger partial charge in [0, 0.05) is 4.91 Å². The number of aliphatic hydroxyl groups excluding tert-OH is 1. The number of aliphatic hydroxyl groups is 1. The van der Waals surface area contributed by atoms with E-state index in [4.69, 9.17) is 10.6 Å². The second kappa shape index (κ2) is 3.94. The summed E-state index contributed by atoms with van der Waals surface area (Å²) in [6.07, 6.45) is 0. The van der Waals surface area contributed by atoms with Crippen LogP contribution < -0.4 is 0 Å². The molecule has 0 spiro atoms. The molecule has 0 radical (unpaired) electrons. The van der Waals surface area contributed by atoms with Gasteiger partial charge in [0.2, 0.25) is 0 Å². The van der Waals surface area contributed by atoms with Crippen molar-refractivity contribution in [1.29, 1.82) is 0 Å². The van der Waals surface area contributed by atoms with Crippen LogP contribution in [0, 0.1) is 0 Å². The molecule has 0 amide bonds. The van der Waals surface area contributed by atoms with Gasteiger partial charge in [-0.05, 0) is 18.0 Å². The third-order valence-electron chi connectivity index (χ3n) is 1.97. The minimum absolute atomic E-state index is 0.193. The Morgan fingerprint density at radius 2 is 2.08 bits per heavy atom. The Bertz CT molecular complexity index is 319. The Hall–Kier alpha value is -1.51. The van der Waals surface area contributed by atoms with E-state index in [1.807, 2.05) is 30.3 Å². The molecule has 1 aromatic carbocycles. The molecular formula is C9H11N3O. The van der Waals surface area contributed by atoms with Crippen molar-refractivity contribution in [1.82, 2.24) is 0 Å². The zero-order chi connectivity index (χ0) is 9.73. The largest absolute Gasteiger partial charge is 0.395 e. The monoisotopic (exact) mass is 177 g/mol. The van der Waals surface area contributed by atoms with E-state index in [1.54, 1.807) is 6.92 Å². The van der Waals surface area contributed by atoms with Crippen LogP contribution >= 0.6 is 0 Å². The molecule has 0 aliphatic rings. The van der Waals surface area contributed by atoms with Crippen LogP contribution in [0.2, 0.25) is 0 Å². The van der Waals surface area contributed by atoms with Gasteiger partial charge in [0.15, 0.2) is 0 Å². The van der Waals surface area contributed by atoms with Crippen LogP contribution in [0.3, 0.4) is 0 Å². The van der Waals surface area contributed by atoms with Crippen LogP contribution in [0.1, 0.15) is 12.5 Å². The Labute approximate surface area is 76.5 Å². The minimum atomic E-state index is -0.851. The highest BCUT2D eigenvalue weighted by Crippen LogP contribution is 2.24. The Morgan fingerprint density at radius 1 is 1.46 bits per heavy atom. The van der Waals surface area contributed by atoms with Crippen molar-refractivity contribution in [3.8, 4) is 0 Å². The van der Waals surface area contributed by atoms with Gasteiger partial charge in [-0.1, -0.05) is 35.4 Å². The maximum absolute atomic E-state index is 9.10. The second-order valence-corrected chi connectivity index (χ2v) is 2.99. The molecule has 0 aromatic heterocycles. The first-order valence-corrected chi connectivity index (χ1v) is 3.95. The summed E-state index contributed by atoms with van der Waals surface area (Å²) in [5.74, 6) is 0. The molecular weight excluding hydrogens is 166 g/mol. The van der Waals surface area contributed by atoms with Gasteiger partial charge in [-0.15, -0.1) is 0 Å². The van der Waals surface area contributed by atoms with E-state index < -0.39 is 5.54 Å². The molecule has 68 valence electrons. The van der Waals surface area contributed by atoms with Crippen molar-refractivity contribution in [3.05, 3.63) is 46.3 Å². The molecule has 4 heteroatoms. The molecule has 0 heterocycles. The fourth-order valence-corrected chi connectivity index (χ4v) is 1.08. The highest BCUT2D eigenvalue weighted by atomic mass is 16.3. The summed E-state index contributed by atoms with van der Waals surface area (Å²) in [6.45, 7) is 1.50. The van der Waals surface area contributed by atoms with Gasteiger partial charge in [0.1, 0.15) is 0 Å². The Morgan fingerprint density at radius 3 is 2.54 bits per heavy atom. The van der Waals surface area contributed by atoms with Gasteiger partial charge in [-0.2, -0.15) is 0 Å². The Kier molecular flexibility index (Phi) is 2.90. The quantitative estimate of drug-likeness (QED) is 0.429. The second-order valence-electron chi connectivity index (χ2n) is 2.99. The molecule has 0 unspecified atom stereocenters. The van der Waals surface area contributed by atoms with E-state index in [0.717, 1.165) is 5.56 Å². The maximum Gasteiger partial charge on any atom is 0.0940 e. The summed E-state index contributed by atoms with van der Waals surface area (Å²) in [7, 11) is 0. The number of azide groups is 1. The fourth-order valence-electron chi connectivity index (χ4n) is 1.08. The van der Waals surface area contributed by atoms with Crippen LogP contribution in [-0.4, -0.2) is 11.7 Å². The molecule has 1 N–H and O–H groups in total. The Balaban J connectivity index is 3.10. The summed E-state index contributed by atoms with van der Waals surface area (Å²) in [5, 5.41) is 12.7. The van der Waals surface area contributed by atoms with E-state index in [0.29, 0.717) is 0 Å². The van der Waals surface area contributed by atoms with E-state index in [-0.39, 0.29) is 6.61 Å². The average molecular weight is 177 g/mol. The van der Waals surface area contributed by atoms with Crippen LogP contribution in [0.15, 0.2) is 35.4 Å². The van der Waals surface area contributed by atoms with Gasteiger partial charge in [-0.3, -0.25) is 0 Å². The summed E-state index contributed by atoms with van der Waals surface area (Å²) < 4.78 is 0. The number of hydrogen-bond donors (Lipinski definition) is 1. The lowest BCUT2D eigenvalue weighted by atomic mass is 9.94. The van der Waals surface area contributed by atoms with Gasteiger partial charge in [0.25, 0.3) is 0 Å². The predicted molar refractivity (Wildman–Crippen MR) is 50.0 cm³/mol. The maximum atomic E-state index is 9.10. The van der Waals surface area contributed by atoms with Gasteiger partial charge >= 0.3 is 0 Å². The van der Waals surface area contributed by atoms with Gasteiger partial charge in [-0.25, -0.2) is 0 Å². The molecule has 1 atom stereocenters. The lowest BCUT2D eigenvalue weighted by Crippen LogP contribution is -2.22. The molecule has 4 nitrogen and oxygen atoms in total. The highest BCUT2D eigenvalue weighted by Gasteiger charge is 2.23. The zero-order valence-corrected chi connectivity index (χ0v) is 7.38. The van der Waals surface area contributed by atoms with Crippen molar-refractivity contribution < 1.29 is 5.11 Å². The molecule has 13 heavy (non-hydrogen) atoms. The first-order chi connectivity index (χ1) is 6.23. The van der Waals surface area contributed by atoms with Crippen molar-refractivity contribution in [3.63, 3.8) is 0 Å². The smallest absolute Gasteiger partial charge is 0.0940 e. The number of hydrogen-bond acceptors (Lipinski definition) is 2. The van der Waals surface area contributed by atoms with E-state index >= 15 is 0 Å². The normalized spacial score (nSPS) is 14.3. The molecule has 0 saturated carbocycles. The van der Waals surface area contributed by atoms with Crippen LogP contribution in [0.4, 0.5) is 0 Å². The van der Waals surface area contributed by atoms with E-state index in [1.165, 1.54) is 0 Å². The fraction of sp³-hybridized carbons (Fsp3) is 0.333. The predicted octanol–water partition coefficient (Wildman–Crippen LogP) is 2.20. The third kappa shape index (κ3) is 1.99. The van der Waals surface area contributed by atoms with Crippen molar-refractivity contribution >= 4 is 0 Å². The minimum Gasteiger partial charge on any atom is -0.395 e. The lowest BCUT2D eigenvalue weighted by Gasteiger charge is -2.20. The number of nitrogens with zero attached hydrogens (tertiary/aromatic N) is 3. The summed E-state index contributed by atoms with van der Waals surface area (Å²) in [5.41, 5.74) is 8.31. The molecule has 0 aliphatic carbocycles. The lowest BCUT2D eigenvalue weighted by molar-refractivity contribution is 0.210. The van der Waals surface area contributed by atoms with E-state index in [2.05, 4.69) is 10.0 Å². The molecule has 0 saturated heterocycles. The van der Waals surface area contributed by atoms with Crippen molar-refractivity contribution in [2.75, 3.05) is 6.61 Å². The van der Waals surface area contributed by atoms with Crippen molar-refractivity contribution in [2.45, 2.75) is 12.5 Å². The summed E-state index contributed by atoms with van der Waals surface area (Å²) >= 11 is 0. The average Bonchev–Trinajstić information content (AvgIpc) is 2.19. The topological polar surface area (TPSA) is 69.0 Å². The number of benzene rings is 1. The summed E-state index contributed by atoms with van der Waals surface area (Å²) in [4.78, 5) is 2.72. The van der Waals surface area contributed by atoms with Crippen LogP contribution in [0.5, 0.6) is 0 Å². The zero-order valence-electron chi connectivity index (χ0n) is 7.38. The standard InChI is InChI=1S/C9H11N3O/c1-9(7-13,11-12-10)8-5-3-2-4-6-8/h2-6,13H,7H2,1H3/t9-/m0/s1. The van der Waals surface area contributed by atoms with Crippen LogP contribution in [0.25, 0.3) is 10.4 Å². The molecule has 1 rings (SSSR count). The first kappa shape index (κ1) is 9.58. The highest BCUT2D eigenvalue weighted by molar-refractivity contribution is 5.23. The third-order valence-corrected chi connectivity index (χ3v) is 1.97. The molecule has 0 bridgehead atoms. The van der Waals surface area contributed by atoms with Gasteiger partial charge < -0.3 is 5.11 Å². The SMILES string of the molecule is C[C@@](CO)(N=[N+]=[N-])c1ccccc1. The van der Waals surface area contributed by atoms with Crippen LogP contribution in [-0.2, 0) is 5.54 Å². The molecule has 0 aliphatic heterocycles. The van der Waals surface area contributed by atoms with Gasteiger partial charge in [0.05, 0.1) is 12.1 Å². The van der Waals surface area contributed by atoms with E-state index in [9.17, 15) is 0 Å². The molecule has 0 fully saturated rings.